The summed E-state index contributed by atoms with van der Waals surface area (Å²) in [5, 5.41) is 15.3. The second kappa shape index (κ2) is 10.3. The van der Waals surface area contributed by atoms with Gasteiger partial charge >= 0.3 is 0 Å². The van der Waals surface area contributed by atoms with Crippen molar-refractivity contribution in [1.82, 2.24) is 25.5 Å². The van der Waals surface area contributed by atoms with Crippen molar-refractivity contribution in [2.75, 3.05) is 18.9 Å². The lowest BCUT2D eigenvalue weighted by Gasteiger charge is -2.09. The van der Waals surface area contributed by atoms with Gasteiger partial charge in [0.1, 0.15) is 0 Å². The third-order valence-corrected chi connectivity index (χ3v) is 4.59. The summed E-state index contributed by atoms with van der Waals surface area (Å²) in [6, 6.07) is 8.12. The maximum Gasteiger partial charge on any atom is 0.230 e. The van der Waals surface area contributed by atoms with Crippen LogP contribution in [0.15, 0.2) is 29.4 Å². The van der Waals surface area contributed by atoms with Crippen molar-refractivity contribution in [2.24, 2.45) is 0 Å². The molecule has 8 heteroatoms. The van der Waals surface area contributed by atoms with E-state index >= 15 is 0 Å². The van der Waals surface area contributed by atoms with Gasteiger partial charge in [-0.2, -0.15) is 4.68 Å². The second-order valence-electron chi connectivity index (χ2n) is 6.53. The zero-order valence-electron chi connectivity index (χ0n) is 15.8. The van der Waals surface area contributed by atoms with Gasteiger partial charge in [-0.15, -0.1) is 5.10 Å². The van der Waals surface area contributed by atoms with Crippen LogP contribution in [0.1, 0.15) is 45.6 Å². The Labute approximate surface area is 158 Å². The summed E-state index contributed by atoms with van der Waals surface area (Å²) in [6.45, 7) is 9.55. The molecule has 0 saturated carbocycles. The minimum absolute atomic E-state index is 0.0377. The third-order valence-electron chi connectivity index (χ3n) is 3.67. The molecule has 7 nitrogen and oxygen atoms in total. The molecule has 1 amide bonds. The minimum atomic E-state index is -0.0377. The van der Waals surface area contributed by atoms with Crippen LogP contribution < -0.4 is 5.32 Å². The normalized spacial score (nSPS) is 11.3. The van der Waals surface area contributed by atoms with E-state index in [0.29, 0.717) is 24.2 Å². The second-order valence-corrected chi connectivity index (χ2v) is 7.47. The Morgan fingerprint density at radius 2 is 1.96 bits per heavy atom. The van der Waals surface area contributed by atoms with Gasteiger partial charge in [-0.25, -0.2) is 0 Å². The number of ether oxygens (including phenoxy) is 1. The molecule has 1 N–H and O–H groups in total. The highest BCUT2D eigenvalue weighted by Gasteiger charge is 2.12. The summed E-state index contributed by atoms with van der Waals surface area (Å²) in [7, 11) is 0. The Balaban J connectivity index is 1.82. The number of benzene rings is 1. The molecule has 142 valence electrons. The van der Waals surface area contributed by atoms with Gasteiger partial charge in [-0.3, -0.25) is 4.79 Å². The van der Waals surface area contributed by atoms with Gasteiger partial charge in [-0.05, 0) is 54.3 Å². The monoisotopic (exact) mass is 377 g/mol. The first-order valence-electron chi connectivity index (χ1n) is 8.87. The molecule has 0 saturated heterocycles. The van der Waals surface area contributed by atoms with Gasteiger partial charge in [0.2, 0.25) is 11.1 Å². The van der Waals surface area contributed by atoms with Crippen LogP contribution in [0, 0.1) is 0 Å². The molecule has 0 aliphatic rings. The molecule has 0 bridgehead atoms. The standard InChI is InChI=1S/C18H27N5O2S/c1-13(2)15-6-8-16(9-7-15)23-18(20-21-22-23)26-12-17(24)19-10-5-11-25-14(3)4/h6-9,13-14H,5,10-12H2,1-4H3,(H,19,24). The zero-order valence-corrected chi connectivity index (χ0v) is 16.6. The molecule has 0 radical (unpaired) electrons. The highest BCUT2D eigenvalue weighted by molar-refractivity contribution is 7.99. The summed E-state index contributed by atoms with van der Waals surface area (Å²) in [5.74, 6) is 0.709. The van der Waals surface area contributed by atoms with Crippen LogP contribution in [0.4, 0.5) is 0 Å². The number of thioether (sulfide) groups is 1. The molecule has 0 atom stereocenters. The van der Waals surface area contributed by atoms with Crippen molar-refractivity contribution >= 4 is 17.7 Å². The predicted molar refractivity (Wildman–Crippen MR) is 103 cm³/mol. The Kier molecular flexibility index (Phi) is 8.06. The maximum absolute atomic E-state index is 12.0. The van der Waals surface area contributed by atoms with Crippen LogP contribution in [-0.4, -0.2) is 51.1 Å². The number of carbonyl (C=O) groups excluding carboxylic acids is 1. The SMILES string of the molecule is CC(C)OCCCNC(=O)CSc1nnnn1-c1ccc(C(C)C)cc1. The molecule has 0 unspecified atom stereocenters. The summed E-state index contributed by atoms with van der Waals surface area (Å²) < 4.78 is 7.10. The predicted octanol–water partition coefficient (Wildman–Crippen LogP) is 2.81. The highest BCUT2D eigenvalue weighted by Crippen LogP contribution is 2.20. The first-order chi connectivity index (χ1) is 12.5. The molecule has 2 rings (SSSR count). The summed E-state index contributed by atoms with van der Waals surface area (Å²) >= 11 is 1.32. The van der Waals surface area contributed by atoms with Crippen molar-refractivity contribution in [3.63, 3.8) is 0 Å². The van der Waals surface area contributed by atoms with Crippen molar-refractivity contribution in [1.29, 1.82) is 0 Å². The number of nitrogens with zero attached hydrogens (tertiary/aromatic N) is 4. The van der Waals surface area contributed by atoms with Crippen LogP contribution in [0.2, 0.25) is 0 Å². The molecule has 1 aromatic heterocycles. The highest BCUT2D eigenvalue weighted by atomic mass is 32.2. The molecule has 2 aromatic rings. The number of carbonyl (C=O) groups is 1. The third kappa shape index (κ3) is 6.42. The first kappa shape index (κ1) is 20.4. The maximum atomic E-state index is 12.0. The van der Waals surface area contributed by atoms with E-state index in [4.69, 9.17) is 4.74 Å². The summed E-state index contributed by atoms with van der Waals surface area (Å²) in [6.07, 6.45) is 1.02. The van der Waals surface area contributed by atoms with E-state index in [-0.39, 0.29) is 17.8 Å². The molecule has 26 heavy (non-hydrogen) atoms. The number of aromatic nitrogens is 4. The fourth-order valence-corrected chi connectivity index (χ4v) is 2.95. The van der Waals surface area contributed by atoms with E-state index in [9.17, 15) is 4.79 Å². The van der Waals surface area contributed by atoms with Crippen molar-refractivity contribution in [2.45, 2.75) is 51.3 Å². The Morgan fingerprint density at radius 3 is 2.62 bits per heavy atom. The molecule has 1 aromatic carbocycles. The van der Waals surface area contributed by atoms with Gasteiger partial charge in [0.15, 0.2) is 0 Å². The van der Waals surface area contributed by atoms with E-state index in [0.717, 1.165) is 12.1 Å². The molecule has 0 aliphatic heterocycles. The van der Waals surface area contributed by atoms with E-state index < -0.39 is 0 Å². The Morgan fingerprint density at radius 1 is 1.23 bits per heavy atom. The topological polar surface area (TPSA) is 81.9 Å². The zero-order chi connectivity index (χ0) is 18.9. The van der Waals surface area contributed by atoms with E-state index in [1.807, 2.05) is 26.0 Å². The number of rotatable bonds is 10. The quantitative estimate of drug-likeness (QED) is 0.506. The van der Waals surface area contributed by atoms with Gasteiger partial charge in [0.25, 0.3) is 0 Å². The fraction of sp³-hybridized carbons (Fsp3) is 0.556. The largest absolute Gasteiger partial charge is 0.379 e. The van der Waals surface area contributed by atoms with Crippen LogP contribution in [0.3, 0.4) is 0 Å². The number of tetrazole rings is 1. The van der Waals surface area contributed by atoms with Crippen molar-refractivity contribution in [3.8, 4) is 5.69 Å². The van der Waals surface area contributed by atoms with Crippen LogP contribution in [-0.2, 0) is 9.53 Å². The van der Waals surface area contributed by atoms with E-state index in [2.05, 4.69) is 46.8 Å². The van der Waals surface area contributed by atoms with Gasteiger partial charge in [-0.1, -0.05) is 37.7 Å². The lowest BCUT2D eigenvalue weighted by Crippen LogP contribution is -2.27. The van der Waals surface area contributed by atoms with E-state index in [1.54, 1.807) is 4.68 Å². The average Bonchev–Trinajstić information content (AvgIpc) is 3.08. The van der Waals surface area contributed by atoms with Gasteiger partial charge < -0.3 is 10.1 Å². The molecule has 0 aliphatic carbocycles. The first-order valence-corrected chi connectivity index (χ1v) is 9.85. The number of hydrogen-bond donors (Lipinski definition) is 1. The minimum Gasteiger partial charge on any atom is -0.379 e. The van der Waals surface area contributed by atoms with Crippen molar-refractivity contribution in [3.05, 3.63) is 29.8 Å². The van der Waals surface area contributed by atoms with Crippen molar-refractivity contribution < 1.29 is 9.53 Å². The lowest BCUT2D eigenvalue weighted by molar-refractivity contribution is -0.118. The Hall–Kier alpha value is -1.93. The van der Waals surface area contributed by atoms with Crippen LogP contribution in [0.5, 0.6) is 0 Å². The molecular formula is C18H27N5O2S. The smallest absolute Gasteiger partial charge is 0.230 e. The van der Waals surface area contributed by atoms with Gasteiger partial charge in [0, 0.05) is 13.2 Å². The average molecular weight is 378 g/mol. The number of hydrogen-bond acceptors (Lipinski definition) is 6. The van der Waals surface area contributed by atoms with Gasteiger partial charge in [0.05, 0.1) is 17.5 Å². The summed E-state index contributed by atoms with van der Waals surface area (Å²) in [5.41, 5.74) is 2.14. The molecule has 0 spiro atoms. The molecule has 0 fully saturated rings. The van der Waals surface area contributed by atoms with E-state index in [1.165, 1.54) is 17.3 Å². The van der Waals surface area contributed by atoms with Crippen LogP contribution >= 0.6 is 11.8 Å². The summed E-state index contributed by atoms with van der Waals surface area (Å²) in [4.78, 5) is 12.0. The Bertz CT molecular complexity index is 685. The molecular weight excluding hydrogens is 350 g/mol. The molecule has 1 heterocycles. The number of amides is 1. The lowest BCUT2D eigenvalue weighted by atomic mass is 10.0. The number of nitrogens with one attached hydrogen (secondary N) is 1. The van der Waals surface area contributed by atoms with Crippen LogP contribution in [0.25, 0.3) is 5.69 Å². The fourth-order valence-electron chi connectivity index (χ4n) is 2.23.